The maximum Gasteiger partial charge on any atom is 0.341 e. The Morgan fingerprint density at radius 1 is 1.12 bits per heavy atom. The molecule has 0 aliphatic carbocycles. The minimum absolute atomic E-state index is 0.0494. The van der Waals surface area contributed by atoms with E-state index in [1.807, 2.05) is 0 Å². The van der Waals surface area contributed by atoms with Crippen LogP contribution in [-0.4, -0.2) is 37.3 Å². The van der Waals surface area contributed by atoms with Crippen LogP contribution in [0.25, 0.3) is 0 Å². The summed E-state index contributed by atoms with van der Waals surface area (Å²) in [6.45, 7) is -0.357. The molecule has 8 nitrogen and oxygen atoms in total. The van der Waals surface area contributed by atoms with Gasteiger partial charge < -0.3 is 14.8 Å². The number of fused-ring (bicyclic) bond motifs is 1. The second-order valence-electron chi connectivity index (χ2n) is 6.65. The van der Waals surface area contributed by atoms with Gasteiger partial charge in [0.05, 0.1) is 43.2 Å². The van der Waals surface area contributed by atoms with E-state index in [4.69, 9.17) is 9.47 Å². The number of pyridine rings is 2. The van der Waals surface area contributed by atoms with Crippen molar-refractivity contribution in [3.8, 4) is 11.6 Å². The quantitative estimate of drug-likeness (QED) is 0.545. The fraction of sp³-hybridized carbons (Fsp3) is 0.190. The van der Waals surface area contributed by atoms with Gasteiger partial charge in [-0.3, -0.25) is 4.90 Å². The predicted octanol–water partition coefficient (Wildman–Crippen LogP) is 4.47. The third-order valence-corrected chi connectivity index (χ3v) is 5.87. The summed E-state index contributed by atoms with van der Waals surface area (Å²) in [4.78, 5) is 23.8. The number of nitrogens with zero attached hydrogens (tertiary/aromatic N) is 4. The summed E-state index contributed by atoms with van der Waals surface area (Å²) in [7, 11) is 4.51. The van der Waals surface area contributed by atoms with E-state index >= 15 is 0 Å². The van der Waals surface area contributed by atoms with Crippen LogP contribution in [0.4, 0.5) is 30.8 Å². The van der Waals surface area contributed by atoms with Crippen LogP contribution in [0.3, 0.4) is 0 Å². The summed E-state index contributed by atoms with van der Waals surface area (Å²) in [5.41, 5.74) is 0.765. The zero-order valence-electron chi connectivity index (χ0n) is 17.4. The molecule has 0 radical (unpaired) electrons. The lowest BCUT2D eigenvalue weighted by Crippen LogP contribution is -2.43. The first-order valence-corrected chi connectivity index (χ1v) is 10.2. The van der Waals surface area contributed by atoms with Gasteiger partial charge in [0, 0.05) is 42.9 Å². The standard InChI is InChI=1S/C21H19F2N5O3S/c1-24-17-7-12(10-26-20(17)31-3)28-21(29)27(19-18(32-28)5-4-6-25-19)11-14-15(22)8-13(30-2)9-16(14)23/h4-10,24H,11H2,1-3H3. The molecule has 32 heavy (non-hydrogen) atoms. The van der Waals surface area contributed by atoms with E-state index in [2.05, 4.69) is 15.3 Å². The van der Waals surface area contributed by atoms with Crippen LogP contribution in [0.5, 0.6) is 11.6 Å². The molecule has 0 atom stereocenters. The number of nitrogens with one attached hydrogen (secondary N) is 1. The zero-order chi connectivity index (χ0) is 22.8. The van der Waals surface area contributed by atoms with Gasteiger partial charge in [-0.25, -0.2) is 27.8 Å². The van der Waals surface area contributed by atoms with Crippen molar-refractivity contribution in [3.63, 3.8) is 0 Å². The van der Waals surface area contributed by atoms with Crippen LogP contribution >= 0.6 is 11.9 Å². The number of hydrogen-bond acceptors (Lipinski definition) is 7. The van der Waals surface area contributed by atoms with Crippen LogP contribution in [0.2, 0.25) is 0 Å². The minimum atomic E-state index is -0.819. The normalized spacial score (nSPS) is 13.1. The Bertz CT molecular complexity index is 1160. The molecule has 0 saturated carbocycles. The molecule has 2 aromatic heterocycles. The molecule has 0 unspecified atom stereocenters. The second-order valence-corrected chi connectivity index (χ2v) is 7.64. The van der Waals surface area contributed by atoms with E-state index in [-0.39, 0.29) is 17.9 Å². The summed E-state index contributed by atoms with van der Waals surface area (Å²) in [6, 6.07) is 6.82. The Morgan fingerprint density at radius 2 is 1.88 bits per heavy atom. The first-order valence-electron chi connectivity index (χ1n) is 9.45. The van der Waals surface area contributed by atoms with Crippen LogP contribution in [0.1, 0.15) is 5.56 Å². The summed E-state index contributed by atoms with van der Waals surface area (Å²) >= 11 is 1.14. The molecule has 3 heterocycles. The van der Waals surface area contributed by atoms with Crippen molar-refractivity contribution >= 4 is 35.2 Å². The lowest BCUT2D eigenvalue weighted by molar-refractivity contribution is 0.253. The Hall–Kier alpha value is -3.60. The van der Waals surface area contributed by atoms with Gasteiger partial charge in [-0.2, -0.15) is 0 Å². The van der Waals surface area contributed by atoms with Gasteiger partial charge in [0.2, 0.25) is 5.88 Å². The Labute approximate surface area is 187 Å². The van der Waals surface area contributed by atoms with Gasteiger partial charge in [0.1, 0.15) is 17.4 Å². The minimum Gasteiger partial charge on any atom is -0.497 e. The molecule has 1 aromatic carbocycles. The van der Waals surface area contributed by atoms with Gasteiger partial charge in [-0.1, -0.05) is 0 Å². The largest absolute Gasteiger partial charge is 0.497 e. The first-order chi connectivity index (χ1) is 15.5. The smallest absolute Gasteiger partial charge is 0.341 e. The SMILES string of the molecule is CNc1cc(N2Sc3cccnc3N(Cc3c(F)cc(OC)cc3F)C2=O)cnc1OC. The number of carbonyl (C=O) groups excluding carboxylic acids is 1. The third-order valence-electron chi connectivity index (χ3n) is 4.80. The number of halogens is 2. The average Bonchev–Trinajstić information content (AvgIpc) is 2.81. The number of amides is 2. The van der Waals surface area contributed by atoms with E-state index in [1.165, 1.54) is 35.8 Å². The van der Waals surface area contributed by atoms with Gasteiger partial charge in [-0.05, 0) is 18.2 Å². The summed E-state index contributed by atoms with van der Waals surface area (Å²) < 4.78 is 40.8. The van der Waals surface area contributed by atoms with E-state index < -0.39 is 17.7 Å². The van der Waals surface area contributed by atoms with Gasteiger partial charge in [0.25, 0.3) is 0 Å². The summed E-state index contributed by atoms with van der Waals surface area (Å²) in [5, 5.41) is 2.97. The number of rotatable bonds is 6. The molecule has 4 rings (SSSR count). The number of benzene rings is 1. The number of anilines is 3. The molecule has 11 heteroatoms. The van der Waals surface area contributed by atoms with Crippen molar-refractivity contribution in [3.05, 3.63) is 59.9 Å². The van der Waals surface area contributed by atoms with Crippen molar-refractivity contribution < 1.29 is 23.0 Å². The topological polar surface area (TPSA) is 79.8 Å². The van der Waals surface area contributed by atoms with Gasteiger partial charge in [-0.15, -0.1) is 0 Å². The molecule has 0 spiro atoms. The number of methoxy groups -OCH3 is 2. The molecule has 3 aromatic rings. The Kier molecular flexibility index (Phi) is 5.99. The van der Waals surface area contributed by atoms with Crippen molar-refractivity contribution in [1.29, 1.82) is 0 Å². The van der Waals surface area contributed by atoms with Gasteiger partial charge in [0.15, 0.2) is 5.82 Å². The van der Waals surface area contributed by atoms with Crippen molar-refractivity contribution in [1.82, 2.24) is 9.97 Å². The number of hydrogen-bond donors (Lipinski definition) is 1. The fourth-order valence-corrected chi connectivity index (χ4v) is 4.16. The molecule has 1 N–H and O–H groups in total. The van der Waals surface area contributed by atoms with Gasteiger partial charge >= 0.3 is 6.03 Å². The highest BCUT2D eigenvalue weighted by Gasteiger charge is 2.35. The first kappa shape index (κ1) is 21.6. The van der Waals surface area contributed by atoms with Crippen molar-refractivity contribution in [2.24, 2.45) is 0 Å². The fourth-order valence-electron chi connectivity index (χ4n) is 3.20. The highest BCUT2D eigenvalue weighted by molar-refractivity contribution is 8.01. The summed E-state index contributed by atoms with van der Waals surface area (Å²) in [5.74, 6) is -0.912. The van der Waals surface area contributed by atoms with E-state index in [9.17, 15) is 13.6 Å². The average molecular weight is 459 g/mol. The molecule has 2 amide bonds. The maximum absolute atomic E-state index is 14.6. The molecule has 0 saturated heterocycles. The maximum atomic E-state index is 14.6. The molecule has 0 bridgehead atoms. The molecular weight excluding hydrogens is 440 g/mol. The van der Waals surface area contributed by atoms with E-state index in [0.717, 1.165) is 24.1 Å². The monoisotopic (exact) mass is 459 g/mol. The van der Waals surface area contributed by atoms with Crippen LogP contribution in [0, 0.1) is 11.6 Å². The number of ether oxygens (including phenoxy) is 2. The van der Waals surface area contributed by atoms with E-state index in [0.29, 0.717) is 28.0 Å². The van der Waals surface area contributed by atoms with E-state index in [1.54, 1.807) is 25.2 Å². The number of urea groups is 1. The summed E-state index contributed by atoms with van der Waals surface area (Å²) in [6.07, 6.45) is 3.00. The Balaban J connectivity index is 1.76. The predicted molar refractivity (Wildman–Crippen MR) is 117 cm³/mol. The lowest BCUT2D eigenvalue weighted by atomic mass is 10.1. The zero-order valence-corrected chi connectivity index (χ0v) is 18.2. The third kappa shape index (κ3) is 3.86. The highest BCUT2D eigenvalue weighted by Crippen LogP contribution is 2.42. The van der Waals surface area contributed by atoms with Crippen LogP contribution < -0.4 is 24.0 Å². The lowest BCUT2D eigenvalue weighted by Gasteiger charge is -2.35. The second kappa shape index (κ2) is 8.87. The number of aromatic nitrogens is 2. The van der Waals surface area contributed by atoms with Crippen molar-refractivity contribution in [2.75, 3.05) is 35.8 Å². The van der Waals surface area contributed by atoms with Crippen LogP contribution in [0.15, 0.2) is 47.6 Å². The molecular formula is C21H19F2N5O3S. The molecule has 166 valence electrons. The van der Waals surface area contributed by atoms with Crippen molar-refractivity contribution in [2.45, 2.75) is 11.4 Å². The van der Waals surface area contributed by atoms with Crippen LogP contribution in [-0.2, 0) is 6.54 Å². The highest BCUT2D eigenvalue weighted by atomic mass is 32.2. The number of carbonyl (C=O) groups is 1. The molecule has 1 aliphatic heterocycles. The molecule has 1 aliphatic rings. The Morgan fingerprint density at radius 3 is 2.53 bits per heavy atom. The molecule has 0 fully saturated rings.